The van der Waals surface area contributed by atoms with Crippen LogP contribution in [-0.2, 0) is 38.2 Å². The van der Waals surface area contributed by atoms with Crippen molar-refractivity contribution in [2.24, 2.45) is 0 Å². The van der Waals surface area contributed by atoms with E-state index in [0.717, 1.165) is 36.8 Å². The van der Waals surface area contributed by atoms with E-state index >= 15 is 0 Å². The molecule has 0 aliphatic heterocycles. The van der Waals surface area contributed by atoms with Crippen LogP contribution < -0.4 is 0 Å². The number of hydrogen-bond acceptors (Lipinski definition) is 4. The van der Waals surface area contributed by atoms with Crippen molar-refractivity contribution in [1.29, 1.82) is 0 Å². The van der Waals surface area contributed by atoms with Gasteiger partial charge in [0.15, 0.2) is 5.69 Å². The molecule has 0 saturated heterocycles. The third kappa shape index (κ3) is 9.08. The Morgan fingerprint density at radius 1 is 0.571 bits per heavy atom. The summed E-state index contributed by atoms with van der Waals surface area (Å²) in [6.45, 7) is 13.7. The topological polar surface area (TPSA) is 56.2 Å². The van der Waals surface area contributed by atoms with E-state index in [-0.39, 0.29) is 45.2 Å². The molecule has 9 rings (SSSR count). The summed E-state index contributed by atoms with van der Waals surface area (Å²) < 4.78 is 148. The van der Waals surface area contributed by atoms with Gasteiger partial charge in [-0.25, -0.2) is 4.85 Å². The van der Waals surface area contributed by atoms with Gasteiger partial charge >= 0.3 is 0 Å². The van der Waals surface area contributed by atoms with Crippen molar-refractivity contribution >= 4 is 27.6 Å². The first-order valence-corrected chi connectivity index (χ1v) is 20.4. The zero-order chi connectivity index (χ0) is 56.8. The maximum absolute atomic E-state index is 9.72. The van der Waals surface area contributed by atoms with Gasteiger partial charge in [-0.3, -0.25) is 15.0 Å². The van der Waals surface area contributed by atoms with Crippen molar-refractivity contribution in [3.05, 3.63) is 214 Å². The highest BCUT2D eigenvalue weighted by Gasteiger charge is 2.17. The molecule has 0 unspecified atom stereocenters. The smallest absolute Gasteiger partial charge is 0.198 e. The Balaban J connectivity index is 1.20. The second kappa shape index (κ2) is 18.4. The maximum atomic E-state index is 9.72. The number of aromatic nitrogens is 3. The van der Waals surface area contributed by atoms with E-state index in [0.29, 0.717) is 50.0 Å². The number of pyridine rings is 3. The van der Waals surface area contributed by atoms with Gasteiger partial charge in [0.1, 0.15) is 11.2 Å². The van der Waals surface area contributed by atoms with Gasteiger partial charge in [0.05, 0.1) is 23.7 Å². The average Bonchev–Trinajstić information content (AvgIpc) is 3.87. The fourth-order valence-electron chi connectivity index (χ4n) is 7.42. The number of nitrogens with zero attached hydrogens (tertiary/aromatic N) is 4. The van der Waals surface area contributed by atoms with Gasteiger partial charge in [-0.05, 0) is 125 Å². The second-order valence-electron chi connectivity index (χ2n) is 15.4. The van der Waals surface area contributed by atoms with E-state index in [1.165, 1.54) is 58.0 Å². The molecule has 0 aliphatic rings. The number of furan rings is 1. The van der Waals surface area contributed by atoms with Gasteiger partial charge < -0.3 is 4.42 Å². The molecule has 0 N–H and O–H groups in total. The lowest BCUT2D eigenvalue weighted by molar-refractivity contribution is 0.670. The van der Waals surface area contributed by atoms with Crippen molar-refractivity contribution in [2.75, 3.05) is 0 Å². The van der Waals surface area contributed by atoms with Crippen LogP contribution in [0.1, 0.15) is 105 Å². The SMILES string of the molecule is [2H]c1ccc2oc3c(-c4ccc(C([2H])([2H])C([2H])([2H])c5cc(C([2H])([2H])C([2H])([2H])c6cnc(-c7ccccc7)cc6C([2H])(C)C)cc(C([2H])([2H])C([2H])([2H])c6cnc(-c7ccccc7)cc6C([2H])(C)C)c5)cn4)cccc3c2c1[N+]#[C-]. The molecule has 0 atom stereocenters. The monoisotopic (exact) mass is 836 g/mol. The molecule has 9 aromatic rings. The molecule has 0 amide bonds. The van der Waals surface area contributed by atoms with E-state index in [4.69, 9.17) is 15.1 Å². The quantitative estimate of drug-likeness (QED) is 0.102. The van der Waals surface area contributed by atoms with Crippen LogP contribution in [0.4, 0.5) is 5.69 Å². The van der Waals surface area contributed by atoms with Crippen molar-refractivity contribution in [3.8, 4) is 33.8 Å². The number of para-hydroxylation sites is 1. The predicted octanol–water partition coefficient (Wildman–Crippen LogP) is 14.9. The molecule has 5 heteroatoms. The van der Waals surface area contributed by atoms with Gasteiger partial charge in [-0.2, -0.15) is 0 Å². The first kappa shape index (κ1) is 27.0. The summed E-state index contributed by atoms with van der Waals surface area (Å²) in [4.78, 5) is 17.1. The Morgan fingerprint density at radius 3 is 1.63 bits per heavy atom. The molecular formula is C58H52N4O. The number of aryl methyl sites for hydroxylation is 6. The van der Waals surface area contributed by atoms with Crippen molar-refractivity contribution in [1.82, 2.24) is 15.0 Å². The number of rotatable bonds is 14. The zero-order valence-electron chi connectivity index (χ0n) is 50.1. The van der Waals surface area contributed by atoms with E-state index in [1.54, 1.807) is 84.9 Å². The third-order valence-corrected chi connectivity index (χ3v) is 10.6. The van der Waals surface area contributed by atoms with Crippen LogP contribution in [0.2, 0.25) is 0 Å². The Hall–Kier alpha value is -7.16. The second-order valence-corrected chi connectivity index (χ2v) is 15.4. The first-order valence-electron chi connectivity index (χ1n) is 27.9. The summed E-state index contributed by atoms with van der Waals surface area (Å²) in [5.41, 5.74) is 0.781. The molecule has 0 saturated carbocycles. The summed E-state index contributed by atoms with van der Waals surface area (Å²) in [5.74, 6) is -3.08. The fourth-order valence-corrected chi connectivity index (χ4v) is 7.42. The first-order chi connectivity index (χ1) is 36.3. The van der Waals surface area contributed by atoms with Crippen LogP contribution in [-0.4, -0.2) is 15.0 Å². The van der Waals surface area contributed by atoms with Gasteiger partial charge in [0.2, 0.25) is 0 Å². The van der Waals surface area contributed by atoms with Crippen molar-refractivity contribution < 1.29 is 25.0 Å². The molecule has 0 bridgehead atoms. The molecule has 0 aliphatic carbocycles. The van der Waals surface area contributed by atoms with Crippen LogP contribution in [0.25, 0.3) is 60.6 Å². The Morgan fingerprint density at radius 2 is 1.11 bits per heavy atom. The maximum Gasteiger partial charge on any atom is 0.198 e. The minimum absolute atomic E-state index is 0.0221. The molecule has 5 nitrogen and oxygen atoms in total. The summed E-state index contributed by atoms with van der Waals surface area (Å²) in [7, 11) is 0. The predicted molar refractivity (Wildman–Crippen MR) is 259 cm³/mol. The minimum atomic E-state index is -3.26. The van der Waals surface area contributed by atoms with Crippen LogP contribution in [0.3, 0.4) is 0 Å². The molecule has 4 heterocycles. The summed E-state index contributed by atoms with van der Waals surface area (Å²) in [6.07, 6.45) is -15.7. The molecule has 0 radical (unpaired) electrons. The van der Waals surface area contributed by atoms with E-state index in [1.807, 2.05) is 0 Å². The van der Waals surface area contributed by atoms with Crippen molar-refractivity contribution in [3.63, 3.8) is 0 Å². The van der Waals surface area contributed by atoms with Crippen LogP contribution in [0, 0.1) is 6.57 Å². The third-order valence-electron chi connectivity index (χ3n) is 10.6. The van der Waals surface area contributed by atoms with Gasteiger partial charge in [-0.1, -0.05) is 137 Å². The Labute approximate surface area is 392 Å². The number of benzene rings is 5. The highest BCUT2D eigenvalue weighted by atomic mass is 16.3. The molecule has 63 heavy (non-hydrogen) atoms. The highest BCUT2D eigenvalue weighted by molar-refractivity contribution is 6.14. The molecule has 0 spiro atoms. The largest absolute Gasteiger partial charge is 0.457 e. The lowest BCUT2D eigenvalue weighted by Crippen LogP contribution is -2.04. The van der Waals surface area contributed by atoms with Gasteiger partial charge in [-0.15, -0.1) is 0 Å². The van der Waals surface area contributed by atoms with Crippen LogP contribution in [0.15, 0.2) is 163 Å². The minimum Gasteiger partial charge on any atom is -0.457 e. The molecule has 310 valence electrons. The Bertz CT molecular complexity index is 3660. The summed E-state index contributed by atoms with van der Waals surface area (Å²) in [5, 5.41) is 0.994. The molecule has 5 aromatic carbocycles. The molecule has 4 aromatic heterocycles. The van der Waals surface area contributed by atoms with Gasteiger partial charge in [0, 0.05) is 66.6 Å². The normalized spacial score (nSPS) is 16.7. The molecule has 0 fully saturated rings. The van der Waals surface area contributed by atoms with E-state index in [2.05, 4.69) is 19.8 Å². The summed E-state index contributed by atoms with van der Waals surface area (Å²) in [6, 6.07) is 34.6. The van der Waals surface area contributed by atoms with E-state index in [9.17, 15) is 16.4 Å². The van der Waals surface area contributed by atoms with Crippen molar-refractivity contribution in [2.45, 2.75) is 77.7 Å². The van der Waals surface area contributed by atoms with Crippen LogP contribution in [0.5, 0.6) is 0 Å². The van der Waals surface area contributed by atoms with Gasteiger partial charge in [0.25, 0.3) is 0 Å². The summed E-state index contributed by atoms with van der Waals surface area (Å²) >= 11 is 0. The highest BCUT2D eigenvalue weighted by Crippen LogP contribution is 2.39. The van der Waals surface area contributed by atoms with Crippen LogP contribution >= 0.6 is 0 Å². The standard InChI is InChI=1S/C58H52N4O/c1-38(2)50-33-54(44-14-8-6-9-15-44)61-36-46(50)27-24-42-30-41(31-43(32-42)25-28-47-37-62-55(34-51(47)39(3)4)45-16-10-7-11-17-45)23-22-40-26-29-52(60-35-40)48-18-12-19-49-57-53(59-5)20-13-21-56(57)63-58(48)49/h6-21,26,29-39H,22-25,27-28H2,1-4H3/i20D,22D2,23D2,24D2,25D2,27D2,28D2,38D,39D. The number of hydrogen-bond donors (Lipinski definition) is 0. The van der Waals surface area contributed by atoms with E-state index < -0.39 is 66.7 Å². The molecular weight excluding hydrogens is 769 g/mol. The number of fused-ring (bicyclic) bond motifs is 3. The lowest BCUT2D eigenvalue weighted by atomic mass is 9.90. The lowest BCUT2D eigenvalue weighted by Gasteiger charge is -2.16. The average molecular weight is 836 g/mol. The zero-order valence-corrected chi connectivity index (χ0v) is 35.1. The fraction of sp³-hybridized carbons (Fsp3) is 0.207. The Kier molecular flexibility index (Phi) is 7.91.